The van der Waals surface area contributed by atoms with Crippen molar-refractivity contribution in [2.45, 2.75) is 57.9 Å². The molecule has 4 atom stereocenters. The molecule has 1 saturated heterocycles. The minimum absolute atomic E-state index is 0.500. The molecule has 2 rings (SSSR count). The van der Waals surface area contributed by atoms with Crippen LogP contribution in [0.4, 0.5) is 0 Å². The van der Waals surface area contributed by atoms with Gasteiger partial charge in [0.2, 0.25) is 0 Å². The highest BCUT2D eigenvalue weighted by atomic mass is 16.8. The highest BCUT2D eigenvalue weighted by Crippen LogP contribution is 2.39. The van der Waals surface area contributed by atoms with Crippen LogP contribution in [-0.4, -0.2) is 49.1 Å². The summed E-state index contributed by atoms with van der Waals surface area (Å²) in [6.07, 6.45) is -0.929. The minimum Gasteiger partial charge on any atom is -0.466 e. The summed E-state index contributed by atoms with van der Waals surface area (Å²) >= 11 is 0. The highest BCUT2D eigenvalue weighted by molar-refractivity contribution is 5.82. The lowest BCUT2D eigenvalue weighted by molar-refractivity contribution is -0.172. The number of hydrogen-bond acceptors (Lipinski definition) is 8. The molecule has 0 radical (unpaired) electrons. The number of rotatable bonds is 7. The lowest BCUT2D eigenvalue weighted by Crippen LogP contribution is -2.41. The van der Waals surface area contributed by atoms with E-state index in [9.17, 15) is 14.4 Å². The van der Waals surface area contributed by atoms with Gasteiger partial charge >= 0.3 is 17.9 Å². The molecule has 158 valence electrons. The zero-order valence-electron chi connectivity index (χ0n) is 17.1. The standard InChI is InChI=1S/C21H26O8/c1-13(22)26-16(11-12-17(24)25-5)19-20(29-21(3,4)28-19)18(27-14(2)23)15-9-7-6-8-10-15/h6-12,16,18-20H,1-5H3/b12-11-/t16-,18-,19+,20-/m1/s1. The SMILES string of the molecule is COC(=O)/C=C\[C@@H](OC(C)=O)[C@@H]1OC(C)(C)O[C@@H]1[C@H](OC(C)=O)c1ccccc1. The van der Waals surface area contributed by atoms with Gasteiger partial charge in [0, 0.05) is 19.9 Å². The molecule has 1 aliphatic heterocycles. The summed E-state index contributed by atoms with van der Waals surface area (Å²) in [5.74, 6) is -2.73. The Morgan fingerprint density at radius 2 is 1.59 bits per heavy atom. The number of carbonyl (C=O) groups excluding carboxylic acids is 3. The van der Waals surface area contributed by atoms with Crippen molar-refractivity contribution in [1.29, 1.82) is 0 Å². The zero-order valence-corrected chi connectivity index (χ0v) is 17.1. The minimum atomic E-state index is -1.04. The summed E-state index contributed by atoms with van der Waals surface area (Å²) < 4.78 is 27.5. The lowest BCUT2D eigenvalue weighted by atomic mass is 9.96. The molecule has 29 heavy (non-hydrogen) atoms. The second-order valence-corrected chi connectivity index (χ2v) is 6.96. The summed E-state index contributed by atoms with van der Waals surface area (Å²) in [6, 6.07) is 9.04. The Morgan fingerprint density at radius 3 is 2.14 bits per heavy atom. The second-order valence-electron chi connectivity index (χ2n) is 6.96. The van der Waals surface area contributed by atoms with Gasteiger partial charge in [-0.2, -0.15) is 0 Å². The van der Waals surface area contributed by atoms with Gasteiger partial charge in [-0.1, -0.05) is 30.3 Å². The van der Waals surface area contributed by atoms with E-state index in [2.05, 4.69) is 4.74 Å². The van der Waals surface area contributed by atoms with Gasteiger partial charge in [0.1, 0.15) is 18.3 Å². The van der Waals surface area contributed by atoms with E-state index in [1.165, 1.54) is 27.0 Å². The van der Waals surface area contributed by atoms with E-state index in [1.54, 1.807) is 26.0 Å². The van der Waals surface area contributed by atoms with E-state index in [4.69, 9.17) is 18.9 Å². The molecule has 1 aromatic carbocycles. The molecule has 0 aliphatic carbocycles. The van der Waals surface area contributed by atoms with Crippen LogP contribution in [0.3, 0.4) is 0 Å². The third-order valence-corrected chi connectivity index (χ3v) is 4.13. The Labute approximate surface area is 169 Å². The maximum Gasteiger partial charge on any atom is 0.330 e. The predicted octanol–water partition coefficient (Wildman–Crippen LogP) is 2.47. The summed E-state index contributed by atoms with van der Waals surface area (Å²) in [7, 11) is 1.24. The number of benzene rings is 1. The molecule has 0 unspecified atom stereocenters. The Balaban J connectivity index is 2.44. The highest BCUT2D eigenvalue weighted by Gasteiger charge is 2.50. The Bertz CT molecular complexity index is 755. The molecule has 1 aromatic rings. The fraction of sp³-hybridized carbons (Fsp3) is 0.476. The van der Waals surface area contributed by atoms with Gasteiger partial charge in [0.15, 0.2) is 11.9 Å². The van der Waals surface area contributed by atoms with Crippen molar-refractivity contribution in [1.82, 2.24) is 0 Å². The van der Waals surface area contributed by atoms with Gasteiger partial charge in [-0.15, -0.1) is 0 Å². The molecule has 0 spiro atoms. The van der Waals surface area contributed by atoms with E-state index >= 15 is 0 Å². The number of carbonyl (C=O) groups is 3. The largest absolute Gasteiger partial charge is 0.466 e. The number of ether oxygens (including phenoxy) is 5. The normalized spacial score (nSPS) is 22.7. The first-order chi connectivity index (χ1) is 13.6. The van der Waals surface area contributed by atoms with Crippen LogP contribution in [0.25, 0.3) is 0 Å². The van der Waals surface area contributed by atoms with Crippen LogP contribution in [0.2, 0.25) is 0 Å². The molecule has 0 aromatic heterocycles. The first-order valence-electron chi connectivity index (χ1n) is 9.14. The van der Waals surface area contributed by atoms with Gasteiger partial charge in [0.25, 0.3) is 0 Å². The molecule has 0 N–H and O–H groups in total. The molecule has 1 heterocycles. The first kappa shape index (κ1) is 22.6. The van der Waals surface area contributed by atoms with Crippen LogP contribution in [0, 0.1) is 0 Å². The third kappa shape index (κ3) is 6.40. The molecule has 0 amide bonds. The van der Waals surface area contributed by atoms with Gasteiger partial charge in [0.05, 0.1) is 7.11 Å². The number of esters is 3. The van der Waals surface area contributed by atoms with Crippen LogP contribution in [0.15, 0.2) is 42.5 Å². The fourth-order valence-corrected chi connectivity index (χ4v) is 3.10. The number of hydrogen-bond donors (Lipinski definition) is 0. The lowest BCUT2D eigenvalue weighted by Gasteiger charge is -2.29. The van der Waals surface area contributed by atoms with Crippen LogP contribution in [-0.2, 0) is 38.1 Å². The second kappa shape index (κ2) is 9.67. The van der Waals surface area contributed by atoms with Crippen molar-refractivity contribution < 1.29 is 38.1 Å². The molecule has 1 aliphatic rings. The van der Waals surface area contributed by atoms with Crippen LogP contribution in [0.5, 0.6) is 0 Å². The summed E-state index contributed by atoms with van der Waals surface area (Å²) in [5, 5.41) is 0. The van der Waals surface area contributed by atoms with Gasteiger partial charge in [-0.05, 0) is 25.5 Å². The van der Waals surface area contributed by atoms with Crippen molar-refractivity contribution in [3.63, 3.8) is 0 Å². The van der Waals surface area contributed by atoms with E-state index in [-0.39, 0.29) is 0 Å². The monoisotopic (exact) mass is 406 g/mol. The zero-order chi connectivity index (χ0) is 21.6. The molecule has 1 fully saturated rings. The van der Waals surface area contributed by atoms with E-state index in [0.29, 0.717) is 5.56 Å². The quantitative estimate of drug-likeness (QED) is 0.387. The van der Waals surface area contributed by atoms with E-state index in [0.717, 1.165) is 6.08 Å². The van der Waals surface area contributed by atoms with Gasteiger partial charge < -0.3 is 23.7 Å². The summed E-state index contributed by atoms with van der Waals surface area (Å²) in [4.78, 5) is 35.0. The van der Waals surface area contributed by atoms with Crippen molar-refractivity contribution >= 4 is 17.9 Å². The Morgan fingerprint density at radius 1 is 1.00 bits per heavy atom. The van der Waals surface area contributed by atoms with Gasteiger partial charge in [-0.25, -0.2) is 4.79 Å². The fourth-order valence-electron chi connectivity index (χ4n) is 3.10. The summed E-state index contributed by atoms with van der Waals surface area (Å²) in [6.45, 7) is 5.94. The number of methoxy groups -OCH3 is 1. The Kier molecular flexibility index (Phi) is 7.53. The molecule has 0 saturated carbocycles. The molecule has 8 heteroatoms. The molecule has 0 bridgehead atoms. The van der Waals surface area contributed by atoms with Crippen molar-refractivity contribution in [2.24, 2.45) is 0 Å². The van der Waals surface area contributed by atoms with E-state index < -0.39 is 48.1 Å². The topological polar surface area (TPSA) is 97.4 Å². The van der Waals surface area contributed by atoms with Crippen molar-refractivity contribution in [3.8, 4) is 0 Å². The van der Waals surface area contributed by atoms with Crippen LogP contribution >= 0.6 is 0 Å². The van der Waals surface area contributed by atoms with Crippen molar-refractivity contribution in [3.05, 3.63) is 48.0 Å². The van der Waals surface area contributed by atoms with Crippen molar-refractivity contribution in [2.75, 3.05) is 7.11 Å². The van der Waals surface area contributed by atoms with Gasteiger partial charge in [-0.3, -0.25) is 9.59 Å². The summed E-state index contributed by atoms with van der Waals surface area (Å²) in [5.41, 5.74) is 0.692. The predicted molar refractivity (Wildman–Crippen MR) is 101 cm³/mol. The van der Waals surface area contributed by atoms with Crippen LogP contribution in [0.1, 0.15) is 39.4 Å². The molecular formula is C21H26O8. The maximum atomic E-state index is 11.8. The third-order valence-electron chi connectivity index (χ3n) is 4.13. The van der Waals surface area contributed by atoms with E-state index in [1.807, 2.05) is 18.2 Å². The van der Waals surface area contributed by atoms with Crippen LogP contribution < -0.4 is 0 Å². The molecular weight excluding hydrogens is 380 g/mol. The average molecular weight is 406 g/mol. The first-order valence-corrected chi connectivity index (χ1v) is 9.14. The maximum absolute atomic E-state index is 11.8. The average Bonchev–Trinajstić information content (AvgIpc) is 2.98. The molecule has 8 nitrogen and oxygen atoms in total. The Hall–Kier alpha value is -2.71. The smallest absolute Gasteiger partial charge is 0.330 e.